The zero-order valence-corrected chi connectivity index (χ0v) is 20.9. The van der Waals surface area contributed by atoms with Crippen LogP contribution in [0.15, 0.2) is 84.6 Å². The first-order chi connectivity index (χ1) is 15.2. The van der Waals surface area contributed by atoms with Gasteiger partial charge in [-0.1, -0.05) is 112 Å². The first kappa shape index (κ1) is 22.5. The minimum atomic E-state index is -1.48. The van der Waals surface area contributed by atoms with Crippen LogP contribution in [-0.2, 0) is 12.0 Å². The molecule has 0 aliphatic heterocycles. The summed E-state index contributed by atoms with van der Waals surface area (Å²) in [6.07, 6.45) is 3.46. The Morgan fingerprint density at radius 3 is 2.19 bits per heavy atom. The minimum Gasteiger partial charge on any atom is -0.392 e. The predicted molar refractivity (Wildman–Crippen MR) is 140 cm³/mol. The molecule has 0 bridgehead atoms. The summed E-state index contributed by atoms with van der Waals surface area (Å²) in [7, 11) is -1.48. The molecule has 1 nitrogen and oxygen atoms in total. The number of fused-ring (bicyclic) bond motifs is 1. The van der Waals surface area contributed by atoms with E-state index in [1.54, 1.807) is 0 Å². The summed E-state index contributed by atoms with van der Waals surface area (Å²) < 4.78 is 0. The Bertz CT molecular complexity index is 1160. The molecule has 0 amide bonds. The summed E-state index contributed by atoms with van der Waals surface area (Å²) in [6.45, 7) is 11.9. The third-order valence-corrected chi connectivity index (χ3v) is 7.43. The van der Waals surface area contributed by atoms with Crippen LogP contribution >= 0.6 is 0 Å². The van der Waals surface area contributed by atoms with Crippen molar-refractivity contribution in [3.8, 4) is 0 Å². The highest BCUT2D eigenvalue weighted by Gasteiger charge is 2.29. The number of hydrogen-bond donors (Lipinski definition) is 1. The molecule has 0 aromatic heterocycles. The van der Waals surface area contributed by atoms with Gasteiger partial charge in [-0.05, 0) is 62.4 Å². The molecule has 0 spiro atoms. The van der Waals surface area contributed by atoms with Gasteiger partial charge in [0.15, 0.2) is 0 Å². The Hall–Kier alpha value is -2.68. The summed E-state index contributed by atoms with van der Waals surface area (Å²) in [5.41, 5.74) is 12.7. The summed E-state index contributed by atoms with van der Waals surface area (Å²) in [6, 6.07) is 26.2. The molecule has 0 heterocycles. The smallest absolute Gasteiger partial charge is 0.0695 e. The number of aliphatic hydroxyl groups excluding tert-OH is 1. The first-order valence-electron chi connectivity index (χ1n) is 11.5. The van der Waals surface area contributed by atoms with Crippen molar-refractivity contribution in [2.24, 2.45) is 0 Å². The summed E-state index contributed by atoms with van der Waals surface area (Å²) in [5, 5.41) is 9.48. The highest BCUT2D eigenvalue weighted by molar-refractivity contribution is 6.81. The number of aliphatic hydroxyl groups is 1. The normalized spacial score (nSPS) is 15.8. The first-order valence-corrected chi connectivity index (χ1v) is 15.1. The lowest BCUT2D eigenvalue weighted by atomic mass is 9.71. The van der Waals surface area contributed by atoms with E-state index in [0.29, 0.717) is 0 Å². The molecule has 1 aliphatic rings. The van der Waals surface area contributed by atoms with E-state index in [1.807, 2.05) is 12.1 Å². The molecule has 3 aromatic rings. The van der Waals surface area contributed by atoms with Crippen LogP contribution in [0.3, 0.4) is 0 Å². The molecular weight excluding hydrogens is 404 g/mol. The quantitative estimate of drug-likeness (QED) is 0.407. The molecule has 3 aromatic carbocycles. The zero-order chi connectivity index (χ0) is 22.9. The summed E-state index contributed by atoms with van der Waals surface area (Å²) in [5.74, 6) is 0. The van der Waals surface area contributed by atoms with E-state index in [-0.39, 0.29) is 12.0 Å². The molecule has 0 radical (unpaired) electrons. The molecule has 0 fully saturated rings. The maximum atomic E-state index is 9.48. The van der Waals surface area contributed by atoms with Crippen molar-refractivity contribution in [1.29, 1.82) is 0 Å². The van der Waals surface area contributed by atoms with Gasteiger partial charge in [0.1, 0.15) is 0 Å². The fourth-order valence-electron chi connectivity index (χ4n) is 4.55. The van der Waals surface area contributed by atoms with E-state index in [9.17, 15) is 5.11 Å². The second kappa shape index (κ2) is 8.69. The number of allylic oxidation sites excluding steroid dienone is 1. The van der Waals surface area contributed by atoms with Gasteiger partial charge in [0.05, 0.1) is 14.7 Å². The van der Waals surface area contributed by atoms with Crippen molar-refractivity contribution in [3.63, 3.8) is 0 Å². The van der Waals surface area contributed by atoms with Crippen LogP contribution in [0.5, 0.6) is 0 Å². The van der Waals surface area contributed by atoms with Gasteiger partial charge >= 0.3 is 0 Å². The third kappa shape index (κ3) is 4.72. The summed E-state index contributed by atoms with van der Waals surface area (Å²) in [4.78, 5) is 0. The average Bonchev–Trinajstić information content (AvgIpc) is 2.77. The van der Waals surface area contributed by atoms with Crippen LogP contribution in [0.25, 0.3) is 11.1 Å². The lowest BCUT2D eigenvalue weighted by molar-refractivity contribution is 0.282. The van der Waals surface area contributed by atoms with Gasteiger partial charge in [-0.25, -0.2) is 0 Å². The monoisotopic (exact) mass is 438 g/mol. The van der Waals surface area contributed by atoms with Crippen molar-refractivity contribution in [3.05, 3.63) is 118 Å². The Labute approximate surface area is 194 Å². The fourth-order valence-corrected chi connectivity index (χ4v) is 5.75. The van der Waals surface area contributed by atoms with Crippen LogP contribution < -0.4 is 0 Å². The van der Waals surface area contributed by atoms with Crippen LogP contribution in [-0.4, -0.2) is 13.2 Å². The van der Waals surface area contributed by atoms with E-state index in [4.69, 9.17) is 0 Å². The second-order valence-corrected chi connectivity index (χ2v) is 15.6. The fraction of sp³-hybridized carbons (Fsp3) is 0.267. The Morgan fingerprint density at radius 1 is 0.906 bits per heavy atom. The largest absolute Gasteiger partial charge is 0.392 e. The van der Waals surface area contributed by atoms with Gasteiger partial charge in [0.25, 0.3) is 0 Å². The standard InChI is InChI=1S/C30H34OSi/c1-30(2)18-17-26(23-9-7-6-8-10-23)27-19-25(15-16-29(27)30)28(21-32(3,4)5)24-13-11-22(20-31)12-14-24/h6-17,19,21,31H,18,20H2,1-5H3/b28-21-. The van der Waals surface area contributed by atoms with Gasteiger partial charge in [-0.15, -0.1) is 0 Å². The Kier molecular flexibility index (Phi) is 6.11. The molecule has 0 unspecified atom stereocenters. The Balaban J connectivity index is 1.89. The molecule has 1 aliphatic carbocycles. The van der Waals surface area contributed by atoms with E-state index >= 15 is 0 Å². The van der Waals surface area contributed by atoms with Crippen molar-refractivity contribution in [1.82, 2.24) is 0 Å². The third-order valence-electron chi connectivity index (χ3n) is 6.28. The van der Waals surface area contributed by atoms with Gasteiger partial charge in [0.2, 0.25) is 0 Å². The van der Waals surface area contributed by atoms with Crippen LogP contribution in [0.1, 0.15) is 53.6 Å². The number of rotatable bonds is 5. The van der Waals surface area contributed by atoms with Gasteiger partial charge in [0, 0.05) is 0 Å². The second-order valence-electron chi connectivity index (χ2n) is 10.6. The van der Waals surface area contributed by atoms with E-state index in [1.165, 1.54) is 39.0 Å². The highest BCUT2D eigenvalue weighted by Crippen LogP contribution is 2.43. The molecule has 0 atom stereocenters. The molecular formula is C30H34OSi. The van der Waals surface area contributed by atoms with Crippen LogP contribution in [0.4, 0.5) is 0 Å². The maximum absolute atomic E-state index is 9.48. The van der Waals surface area contributed by atoms with Crippen molar-refractivity contribution < 1.29 is 5.11 Å². The van der Waals surface area contributed by atoms with E-state index < -0.39 is 8.07 Å². The zero-order valence-electron chi connectivity index (χ0n) is 19.9. The van der Waals surface area contributed by atoms with Crippen LogP contribution in [0, 0.1) is 0 Å². The van der Waals surface area contributed by atoms with E-state index in [0.717, 1.165) is 12.0 Å². The van der Waals surface area contributed by atoms with Crippen molar-refractivity contribution in [2.45, 2.75) is 51.9 Å². The predicted octanol–water partition coefficient (Wildman–Crippen LogP) is 7.60. The molecule has 0 saturated heterocycles. The van der Waals surface area contributed by atoms with Gasteiger partial charge in [-0.2, -0.15) is 0 Å². The van der Waals surface area contributed by atoms with E-state index in [2.05, 4.69) is 106 Å². The van der Waals surface area contributed by atoms with Crippen molar-refractivity contribution in [2.75, 3.05) is 0 Å². The Morgan fingerprint density at radius 2 is 1.56 bits per heavy atom. The summed E-state index contributed by atoms with van der Waals surface area (Å²) >= 11 is 0. The number of benzene rings is 3. The highest BCUT2D eigenvalue weighted by atomic mass is 28.3. The number of hydrogen-bond acceptors (Lipinski definition) is 1. The van der Waals surface area contributed by atoms with Crippen LogP contribution in [0.2, 0.25) is 19.6 Å². The molecule has 164 valence electrons. The van der Waals surface area contributed by atoms with Gasteiger partial charge < -0.3 is 5.11 Å². The SMILES string of the molecule is CC1(C)CC=C(c2ccccc2)c2cc(/C(=C\[Si](C)(C)C)c3ccc(CO)cc3)ccc21. The minimum absolute atomic E-state index is 0.0759. The molecule has 2 heteroatoms. The lowest BCUT2D eigenvalue weighted by Gasteiger charge is -2.33. The topological polar surface area (TPSA) is 20.2 Å². The van der Waals surface area contributed by atoms with Gasteiger partial charge in [-0.3, -0.25) is 0 Å². The molecule has 0 saturated carbocycles. The molecule has 1 N–H and O–H groups in total. The molecule has 32 heavy (non-hydrogen) atoms. The average molecular weight is 439 g/mol. The lowest BCUT2D eigenvalue weighted by Crippen LogP contribution is -2.22. The maximum Gasteiger partial charge on any atom is 0.0695 e. The molecule has 4 rings (SSSR count). The van der Waals surface area contributed by atoms with Crippen molar-refractivity contribution >= 4 is 19.2 Å².